The predicted octanol–water partition coefficient (Wildman–Crippen LogP) is 0.731. The average molecular weight is 219 g/mol. The molecule has 6 nitrogen and oxygen atoms in total. The van der Waals surface area contributed by atoms with E-state index in [-0.39, 0.29) is 6.61 Å². The minimum atomic E-state index is -1.02. The Morgan fingerprint density at radius 1 is 1.31 bits per heavy atom. The Morgan fingerprint density at radius 3 is 2.69 bits per heavy atom. The fourth-order valence-corrected chi connectivity index (χ4v) is 1.26. The third kappa shape index (κ3) is 2.17. The van der Waals surface area contributed by atoms with Crippen LogP contribution in [0.4, 0.5) is 0 Å². The highest BCUT2D eigenvalue weighted by Gasteiger charge is 2.06. The van der Waals surface area contributed by atoms with E-state index in [0.717, 1.165) is 0 Å². The molecule has 0 aliphatic rings. The van der Waals surface area contributed by atoms with Crippen molar-refractivity contribution in [3.05, 3.63) is 36.9 Å². The topological polar surface area (TPSA) is 77.2 Å². The van der Waals surface area contributed by atoms with Crippen LogP contribution >= 0.6 is 0 Å². The van der Waals surface area contributed by atoms with E-state index in [1.165, 1.54) is 12.7 Å². The van der Waals surface area contributed by atoms with Crippen molar-refractivity contribution in [1.82, 2.24) is 14.8 Å². The summed E-state index contributed by atoms with van der Waals surface area (Å²) in [4.78, 5) is 10.4. The van der Waals surface area contributed by atoms with Gasteiger partial charge < -0.3 is 9.84 Å². The van der Waals surface area contributed by atoms with E-state index >= 15 is 0 Å². The van der Waals surface area contributed by atoms with Gasteiger partial charge in [-0.2, -0.15) is 0 Å². The molecule has 1 aromatic carbocycles. The van der Waals surface area contributed by atoms with Gasteiger partial charge in [0.2, 0.25) is 0 Å². The molecule has 1 aromatic heterocycles. The molecule has 0 bridgehead atoms. The highest BCUT2D eigenvalue weighted by molar-refractivity contribution is 5.68. The zero-order valence-corrected chi connectivity index (χ0v) is 8.28. The maximum absolute atomic E-state index is 10.4. The molecule has 0 atom stereocenters. The van der Waals surface area contributed by atoms with Crippen molar-refractivity contribution < 1.29 is 14.6 Å². The molecule has 1 N–H and O–H groups in total. The highest BCUT2D eigenvalue weighted by atomic mass is 16.5. The molecule has 2 aromatic rings. The zero-order chi connectivity index (χ0) is 11.4. The minimum Gasteiger partial charge on any atom is -0.480 e. The Kier molecular flexibility index (Phi) is 2.81. The number of ether oxygens (including phenoxy) is 1. The fourth-order valence-electron chi connectivity index (χ4n) is 1.26. The van der Waals surface area contributed by atoms with Crippen LogP contribution in [0.1, 0.15) is 0 Å². The smallest absolute Gasteiger partial charge is 0.341 e. The summed E-state index contributed by atoms with van der Waals surface area (Å²) in [5, 5.41) is 15.9. The van der Waals surface area contributed by atoms with Crippen LogP contribution in [0.15, 0.2) is 36.9 Å². The molecule has 16 heavy (non-hydrogen) atoms. The molecule has 0 aliphatic heterocycles. The van der Waals surface area contributed by atoms with E-state index in [1.807, 2.05) is 6.07 Å². The number of aliphatic carboxylic acids is 1. The first-order chi connectivity index (χ1) is 7.77. The SMILES string of the molecule is O=C(O)COc1ccccc1-n1cnnc1. The molecular formula is C10H9N3O3. The Hall–Kier alpha value is -2.37. The van der Waals surface area contributed by atoms with E-state index in [1.54, 1.807) is 22.8 Å². The first-order valence-corrected chi connectivity index (χ1v) is 4.56. The molecule has 0 saturated heterocycles. The van der Waals surface area contributed by atoms with Gasteiger partial charge in [-0.25, -0.2) is 4.79 Å². The Morgan fingerprint density at radius 2 is 2.00 bits per heavy atom. The lowest BCUT2D eigenvalue weighted by Crippen LogP contribution is -2.10. The average Bonchev–Trinajstić information content (AvgIpc) is 2.80. The van der Waals surface area contributed by atoms with Gasteiger partial charge in [-0.1, -0.05) is 12.1 Å². The second kappa shape index (κ2) is 4.43. The number of nitrogens with zero attached hydrogens (tertiary/aromatic N) is 3. The van der Waals surface area contributed by atoms with Crippen LogP contribution in [0.25, 0.3) is 5.69 Å². The summed E-state index contributed by atoms with van der Waals surface area (Å²) in [6, 6.07) is 7.08. The molecule has 0 aliphatic carbocycles. The van der Waals surface area contributed by atoms with Gasteiger partial charge in [0.25, 0.3) is 0 Å². The lowest BCUT2D eigenvalue weighted by Gasteiger charge is -2.09. The largest absolute Gasteiger partial charge is 0.480 e. The number of carboxylic acids is 1. The molecule has 2 rings (SSSR count). The van der Waals surface area contributed by atoms with E-state index < -0.39 is 5.97 Å². The molecule has 1 heterocycles. The standard InChI is InChI=1S/C10H9N3O3/c14-10(15)5-16-9-4-2-1-3-8(9)13-6-11-12-7-13/h1-4,6-7H,5H2,(H,14,15). The van der Waals surface area contributed by atoms with E-state index in [9.17, 15) is 4.79 Å². The van der Waals surface area contributed by atoms with Crippen LogP contribution in [0.3, 0.4) is 0 Å². The number of carbonyl (C=O) groups is 1. The van der Waals surface area contributed by atoms with Gasteiger partial charge in [-0.05, 0) is 12.1 Å². The van der Waals surface area contributed by atoms with Crippen LogP contribution in [-0.4, -0.2) is 32.4 Å². The number of aromatic nitrogens is 3. The quantitative estimate of drug-likeness (QED) is 0.820. The number of rotatable bonds is 4. The number of hydrogen-bond donors (Lipinski definition) is 1. The number of hydrogen-bond acceptors (Lipinski definition) is 4. The number of carboxylic acid groups (broad SMARTS) is 1. The summed E-state index contributed by atoms with van der Waals surface area (Å²) in [6.45, 7) is -0.376. The van der Waals surface area contributed by atoms with Crippen molar-refractivity contribution >= 4 is 5.97 Å². The van der Waals surface area contributed by atoms with Crippen LogP contribution in [0, 0.1) is 0 Å². The first kappa shape index (κ1) is 10.2. The maximum atomic E-state index is 10.4. The highest BCUT2D eigenvalue weighted by Crippen LogP contribution is 2.21. The van der Waals surface area contributed by atoms with Crippen molar-refractivity contribution in [2.75, 3.05) is 6.61 Å². The second-order valence-corrected chi connectivity index (χ2v) is 3.02. The zero-order valence-electron chi connectivity index (χ0n) is 8.28. The van der Waals surface area contributed by atoms with Crippen molar-refractivity contribution in [3.8, 4) is 11.4 Å². The van der Waals surface area contributed by atoms with E-state index in [4.69, 9.17) is 9.84 Å². The van der Waals surface area contributed by atoms with Crippen molar-refractivity contribution in [3.63, 3.8) is 0 Å². The lowest BCUT2D eigenvalue weighted by atomic mass is 10.3. The Labute approximate surface area is 91.1 Å². The summed E-state index contributed by atoms with van der Waals surface area (Å²) in [5.74, 6) is -0.539. The predicted molar refractivity (Wildman–Crippen MR) is 54.5 cm³/mol. The number of benzene rings is 1. The molecule has 0 spiro atoms. The molecule has 0 saturated carbocycles. The summed E-state index contributed by atoms with van der Waals surface area (Å²) >= 11 is 0. The molecule has 0 unspecified atom stereocenters. The molecular weight excluding hydrogens is 210 g/mol. The maximum Gasteiger partial charge on any atom is 0.341 e. The molecule has 6 heteroatoms. The van der Waals surface area contributed by atoms with Gasteiger partial charge in [0, 0.05) is 0 Å². The minimum absolute atomic E-state index is 0.376. The first-order valence-electron chi connectivity index (χ1n) is 4.56. The van der Waals surface area contributed by atoms with Crippen LogP contribution in [0.5, 0.6) is 5.75 Å². The van der Waals surface area contributed by atoms with Gasteiger partial charge in [0.15, 0.2) is 6.61 Å². The number of para-hydroxylation sites is 2. The van der Waals surface area contributed by atoms with Crippen molar-refractivity contribution in [1.29, 1.82) is 0 Å². The normalized spacial score (nSPS) is 10.0. The summed E-state index contributed by atoms with van der Waals surface area (Å²) in [6.07, 6.45) is 3.03. The molecule has 0 radical (unpaired) electrons. The van der Waals surface area contributed by atoms with Crippen molar-refractivity contribution in [2.45, 2.75) is 0 Å². The fraction of sp³-hybridized carbons (Fsp3) is 0.100. The van der Waals surface area contributed by atoms with Gasteiger partial charge >= 0.3 is 5.97 Å². The summed E-state index contributed by atoms with van der Waals surface area (Å²) in [5.41, 5.74) is 0.703. The third-order valence-corrected chi connectivity index (χ3v) is 1.91. The van der Waals surface area contributed by atoms with Gasteiger partial charge in [-0.3, -0.25) is 4.57 Å². The molecule has 82 valence electrons. The second-order valence-electron chi connectivity index (χ2n) is 3.02. The van der Waals surface area contributed by atoms with Crippen LogP contribution in [-0.2, 0) is 4.79 Å². The van der Waals surface area contributed by atoms with Crippen LogP contribution < -0.4 is 4.74 Å². The Balaban J connectivity index is 2.27. The summed E-state index contributed by atoms with van der Waals surface area (Å²) < 4.78 is 6.80. The van der Waals surface area contributed by atoms with Gasteiger partial charge in [-0.15, -0.1) is 10.2 Å². The van der Waals surface area contributed by atoms with Crippen molar-refractivity contribution in [2.24, 2.45) is 0 Å². The van der Waals surface area contributed by atoms with Gasteiger partial charge in [0.1, 0.15) is 18.4 Å². The third-order valence-electron chi connectivity index (χ3n) is 1.91. The lowest BCUT2D eigenvalue weighted by molar-refractivity contribution is -0.139. The van der Waals surface area contributed by atoms with Gasteiger partial charge in [0.05, 0.1) is 5.69 Å². The van der Waals surface area contributed by atoms with Crippen LogP contribution in [0.2, 0.25) is 0 Å². The summed E-state index contributed by atoms with van der Waals surface area (Å²) in [7, 11) is 0. The molecule has 0 fully saturated rings. The van der Waals surface area contributed by atoms with E-state index in [2.05, 4.69) is 10.2 Å². The Bertz CT molecular complexity index is 482. The molecule has 0 amide bonds. The monoisotopic (exact) mass is 219 g/mol. The van der Waals surface area contributed by atoms with E-state index in [0.29, 0.717) is 11.4 Å².